The number of amides is 2. The molecule has 2 amide bonds. The molecule has 140 valence electrons. The standard InChI is InChI=1S/C24H22N2O2/c27-23-14-18(24(28)25-21-13-12-17-7-1-3-9-19(17)21)15-26(23)22-11-5-8-16-6-2-4-10-20(16)22/h1-11,18,21H,12-15H2,(H,25,28)/t18-,21-/m1/s1. The second kappa shape index (κ2) is 6.79. The summed E-state index contributed by atoms with van der Waals surface area (Å²) in [7, 11) is 0. The molecule has 1 saturated heterocycles. The number of hydrogen-bond donors (Lipinski definition) is 1. The van der Waals surface area contributed by atoms with Gasteiger partial charge in [0.25, 0.3) is 0 Å². The average molecular weight is 370 g/mol. The first-order valence-corrected chi connectivity index (χ1v) is 9.87. The van der Waals surface area contributed by atoms with Gasteiger partial charge in [0.1, 0.15) is 0 Å². The van der Waals surface area contributed by atoms with Crippen LogP contribution in [0.4, 0.5) is 5.69 Å². The summed E-state index contributed by atoms with van der Waals surface area (Å²) in [5, 5.41) is 5.33. The largest absolute Gasteiger partial charge is 0.349 e. The predicted molar refractivity (Wildman–Crippen MR) is 110 cm³/mol. The lowest BCUT2D eigenvalue weighted by molar-refractivity contribution is -0.127. The summed E-state index contributed by atoms with van der Waals surface area (Å²) < 4.78 is 0. The first kappa shape index (κ1) is 17.0. The van der Waals surface area contributed by atoms with Gasteiger partial charge in [0.05, 0.1) is 17.6 Å². The Morgan fingerprint density at radius 1 is 0.964 bits per heavy atom. The van der Waals surface area contributed by atoms with Gasteiger partial charge >= 0.3 is 0 Å². The van der Waals surface area contributed by atoms with Crippen LogP contribution in [0.3, 0.4) is 0 Å². The van der Waals surface area contributed by atoms with Crippen molar-refractivity contribution in [3.8, 4) is 0 Å². The summed E-state index contributed by atoms with van der Waals surface area (Å²) >= 11 is 0. The highest BCUT2D eigenvalue weighted by Gasteiger charge is 2.37. The van der Waals surface area contributed by atoms with Crippen LogP contribution >= 0.6 is 0 Å². The molecule has 0 saturated carbocycles. The summed E-state index contributed by atoms with van der Waals surface area (Å²) in [6.45, 7) is 0.438. The summed E-state index contributed by atoms with van der Waals surface area (Å²) in [5.74, 6) is -0.305. The Balaban J connectivity index is 1.35. The van der Waals surface area contributed by atoms with Crippen molar-refractivity contribution < 1.29 is 9.59 Å². The Labute approximate surface area is 164 Å². The molecule has 0 bridgehead atoms. The zero-order chi connectivity index (χ0) is 19.1. The third-order valence-electron chi connectivity index (χ3n) is 6.00. The Morgan fingerprint density at radius 3 is 2.68 bits per heavy atom. The molecular weight excluding hydrogens is 348 g/mol. The van der Waals surface area contributed by atoms with Gasteiger partial charge in [-0.3, -0.25) is 9.59 Å². The second-order valence-corrected chi connectivity index (χ2v) is 7.70. The molecule has 2 atom stereocenters. The van der Waals surface area contributed by atoms with Gasteiger partial charge < -0.3 is 10.2 Å². The van der Waals surface area contributed by atoms with Crippen molar-refractivity contribution in [3.05, 3.63) is 77.9 Å². The molecule has 28 heavy (non-hydrogen) atoms. The van der Waals surface area contributed by atoms with Crippen molar-refractivity contribution in [1.82, 2.24) is 5.32 Å². The smallest absolute Gasteiger partial charge is 0.227 e. The average Bonchev–Trinajstić information content (AvgIpc) is 3.31. The third kappa shape index (κ3) is 2.85. The molecule has 3 aromatic carbocycles. The fourth-order valence-corrected chi connectivity index (χ4v) is 4.56. The molecular formula is C24H22N2O2. The number of rotatable bonds is 3. The molecule has 0 spiro atoms. The van der Waals surface area contributed by atoms with Crippen molar-refractivity contribution in [1.29, 1.82) is 0 Å². The van der Waals surface area contributed by atoms with Crippen molar-refractivity contribution in [2.75, 3.05) is 11.4 Å². The van der Waals surface area contributed by atoms with Gasteiger partial charge in [0, 0.05) is 18.4 Å². The molecule has 1 aliphatic carbocycles. The quantitative estimate of drug-likeness (QED) is 0.758. The van der Waals surface area contributed by atoms with Gasteiger partial charge in [-0.05, 0) is 35.4 Å². The van der Waals surface area contributed by atoms with Crippen LogP contribution in [0.25, 0.3) is 10.8 Å². The maximum Gasteiger partial charge on any atom is 0.227 e. The maximum atomic E-state index is 12.9. The molecule has 5 rings (SSSR count). The molecule has 0 radical (unpaired) electrons. The first-order chi connectivity index (χ1) is 13.7. The molecule has 4 nitrogen and oxygen atoms in total. The van der Waals surface area contributed by atoms with E-state index in [4.69, 9.17) is 0 Å². The van der Waals surface area contributed by atoms with Crippen molar-refractivity contribution >= 4 is 28.3 Å². The number of benzene rings is 3. The SMILES string of the molecule is O=C(N[C@@H]1CCc2ccccc21)[C@@H]1CC(=O)N(c2cccc3ccccc23)C1. The van der Waals surface area contributed by atoms with E-state index in [0.717, 1.165) is 29.3 Å². The van der Waals surface area contributed by atoms with Crippen LogP contribution in [0.1, 0.15) is 30.0 Å². The predicted octanol–water partition coefficient (Wildman–Crippen LogP) is 4.00. The molecule has 1 aliphatic heterocycles. The van der Waals surface area contributed by atoms with Crippen LogP contribution in [0.5, 0.6) is 0 Å². The number of nitrogens with zero attached hydrogens (tertiary/aromatic N) is 1. The van der Waals surface area contributed by atoms with Gasteiger partial charge in [-0.1, -0.05) is 60.7 Å². The number of anilines is 1. The minimum absolute atomic E-state index is 0.0159. The van der Waals surface area contributed by atoms with Crippen molar-refractivity contribution in [2.45, 2.75) is 25.3 Å². The number of aryl methyl sites for hydroxylation is 1. The molecule has 3 aromatic rings. The second-order valence-electron chi connectivity index (χ2n) is 7.70. The molecule has 0 unspecified atom stereocenters. The van der Waals surface area contributed by atoms with E-state index in [1.807, 2.05) is 54.6 Å². The van der Waals surface area contributed by atoms with E-state index in [-0.39, 0.29) is 30.2 Å². The lowest BCUT2D eigenvalue weighted by Gasteiger charge is -2.20. The number of hydrogen-bond acceptors (Lipinski definition) is 2. The fraction of sp³-hybridized carbons (Fsp3) is 0.250. The van der Waals surface area contributed by atoms with E-state index >= 15 is 0 Å². The highest BCUT2D eigenvalue weighted by Crippen LogP contribution is 2.34. The number of nitrogens with one attached hydrogen (secondary N) is 1. The maximum absolute atomic E-state index is 12.9. The summed E-state index contributed by atoms with van der Waals surface area (Å²) in [6.07, 6.45) is 2.19. The van der Waals surface area contributed by atoms with Gasteiger partial charge in [-0.25, -0.2) is 0 Å². The van der Waals surface area contributed by atoms with Gasteiger partial charge in [0.2, 0.25) is 11.8 Å². The van der Waals surface area contributed by atoms with Gasteiger partial charge in [-0.2, -0.15) is 0 Å². The molecule has 1 N–H and O–H groups in total. The van der Waals surface area contributed by atoms with Crippen LogP contribution < -0.4 is 10.2 Å². The van der Waals surface area contributed by atoms with E-state index < -0.39 is 0 Å². The molecule has 2 aliphatic rings. The third-order valence-corrected chi connectivity index (χ3v) is 6.00. The lowest BCUT2D eigenvalue weighted by atomic mass is 10.0. The Bertz CT molecular complexity index is 1070. The molecule has 1 fully saturated rings. The van der Waals surface area contributed by atoms with E-state index in [0.29, 0.717) is 6.54 Å². The van der Waals surface area contributed by atoms with E-state index in [1.165, 1.54) is 11.1 Å². The molecule has 4 heteroatoms. The number of carbonyl (C=O) groups excluding carboxylic acids is 2. The number of carbonyl (C=O) groups is 2. The molecule has 0 aromatic heterocycles. The van der Waals surface area contributed by atoms with Crippen LogP contribution in [0, 0.1) is 5.92 Å². The topological polar surface area (TPSA) is 49.4 Å². The summed E-state index contributed by atoms with van der Waals surface area (Å²) in [6, 6.07) is 22.4. The zero-order valence-corrected chi connectivity index (χ0v) is 15.6. The first-order valence-electron chi connectivity index (χ1n) is 9.87. The Morgan fingerprint density at radius 2 is 1.75 bits per heavy atom. The van der Waals surface area contributed by atoms with Crippen LogP contribution in [-0.4, -0.2) is 18.4 Å². The van der Waals surface area contributed by atoms with Crippen LogP contribution in [-0.2, 0) is 16.0 Å². The van der Waals surface area contributed by atoms with E-state index in [2.05, 4.69) is 17.4 Å². The monoisotopic (exact) mass is 370 g/mol. The summed E-state index contributed by atoms with van der Waals surface area (Å²) in [5.41, 5.74) is 3.42. The van der Waals surface area contributed by atoms with Crippen LogP contribution in [0.15, 0.2) is 66.7 Å². The minimum Gasteiger partial charge on any atom is -0.349 e. The highest BCUT2D eigenvalue weighted by atomic mass is 16.2. The van der Waals surface area contributed by atoms with Crippen molar-refractivity contribution in [2.24, 2.45) is 5.92 Å². The molecule has 1 heterocycles. The lowest BCUT2D eigenvalue weighted by Crippen LogP contribution is -2.34. The van der Waals surface area contributed by atoms with E-state index in [1.54, 1.807) is 4.90 Å². The van der Waals surface area contributed by atoms with Gasteiger partial charge in [0.15, 0.2) is 0 Å². The highest BCUT2D eigenvalue weighted by molar-refractivity contribution is 6.07. The zero-order valence-electron chi connectivity index (χ0n) is 15.6. The van der Waals surface area contributed by atoms with E-state index in [9.17, 15) is 9.59 Å². The Hall–Kier alpha value is -3.14. The normalized spacial score (nSPS) is 21.1. The van der Waals surface area contributed by atoms with Crippen molar-refractivity contribution in [3.63, 3.8) is 0 Å². The Kier molecular flexibility index (Phi) is 4.12. The fourth-order valence-electron chi connectivity index (χ4n) is 4.56. The van der Waals surface area contributed by atoms with Crippen LogP contribution in [0.2, 0.25) is 0 Å². The van der Waals surface area contributed by atoms with Gasteiger partial charge in [-0.15, -0.1) is 0 Å². The minimum atomic E-state index is -0.306. The summed E-state index contributed by atoms with van der Waals surface area (Å²) in [4.78, 5) is 27.4. The number of fused-ring (bicyclic) bond motifs is 2.